The summed E-state index contributed by atoms with van der Waals surface area (Å²) in [6, 6.07) is 30.4. The van der Waals surface area contributed by atoms with Gasteiger partial charge in [-0.05, 0) is 47.5 Å². The highest BCUT2D eigenvalue weighted by atomic mass is 16.5. The van der Waals surface area contributed by atoms with Crippen LogP contribution >= 0.6 is 0 Å². The van der Waals surface area contributed by atoms with E-state index in [0.29, 0.717) is 0 Å². The van der Waals surface area contributed by atoms with Crippen molar-refractivity contribution in [1.82, 2.24) is 4.98 Å². The van der Waals surface area contributed by atoms with Gasteiger partial charge >= 0.3 is 0 Å². The van der Waals surface area contributed by atoms with E-state index in [9.17, 15) is 0 Å². The minimum absolute atomic E-state index is 0.797. The topological polar surface area (TPSA) is 31.4 Å². The fourth-order valence-electron chi connectivity index (χ4n) is 3.32. The summed E-state index contributed by atoms with van der Waals surface area (Å²) in [5, 5.41) is 0. The number of aromatic nitrogens is 1. The molecule has 4 aromatic rings. The third-order valence-corrected chi connectivity index (χ3v) is 4.70. The van der Waals surface area contributed by atoms with Gasteiger partial charge in [-0.1, -0.05) is 54.6 Å². The molecule has 3 nitrogen and oxygen atoms in total. The summed E-state index contributed by atoms with van der Waals surface area (Å²) < 4.78 is 11.1. The van der Waals surface area contributed by atoms with E-state index < -0.39 is 0 Å². The van der Waals surface area contributed by atoms with Gasteiger partial charge in [-0.25, -0.2) is 4.98 Å². The normalized spacial score (nSPS) is 10.5. The number of pyridine rings is 1. The monoisotopic (exact) mass is 367 g/mol. The maximum absolute atomic E-state index is 5.57. The lowest BCUT2D eigenvalue weighted by Gasteiger charge is -2.14. The van der Waals surface area contributed by atoms with Crippen molar-refractivity contribution in [1.29, 1.82) is 0 Å². The molecular weight excluding hydrogens is 346 g/mol. The first kappa shape index (κ1) is 17.8. The van der Waals surface area contributed by atoms with E-state index in [0.717, 1.165) is 45.1 Å². The molecule has 0 aliphatic heterocycles. The average molecular weight is 367 g/mol. The molecule has 0 atom stereocenters. The summed E-state index contributed by atoms with van der Waals surface area (Å²) in [6.07, 6.45) is 0. The first-order chi connectivity index (χ1) is 13.8. The number of rotatable bonds is 5. The van der Waals surface area contributed by atoms with Crippen molar-refractivity contribution in [2.75, 3.05) is 14.2 Å². The van der Waals surface area contributed by atoms with Crippen LogP contribution in [0.2, 0.25) is 0 Å². The molecule has 0 saturated heterocycles. The average Bonchev–Trinajstić information content (AvgIpc) is 2.79. The van der Waals surface area contributed by atoms with Crippen molar-refractivity contribution in [2.45, 2.75) is 0 Å². The Bertz CT molecular complexity index is 1020. The molecule has 3 heteroatoms. The Hall–Kier alpha value is -3.59. The lowest BCUT2D eigenvalue weighted by Crippen LogP contribution is -1.95. The molecule has 4 rings (SSSR count). The summed E-state index contributed by atoms with van der Waals surface area (Å²) >= 11 is 0. The number of nitrogens with zero attached hydrogens (tertiary/aromatic N) is 1. The molecule has 3 aromatic carbocycles. The number of benzene rings is 3. The van der Waals surface area contributed by atoms with Crippen LogP contribution in [-0.4, -0.2) is 19.2 Å². The second-order valence-corrected chi connectivity index (χ2v) is 6.39. The van der Waals surface area contributed by atoms with Crippen LogP contribution in [-0.2, 0) is 0 Å². The molecule has 0 fully saturated rings. The van der Waals surface area contributed by atoms with Crippen LogP contribution in [0.5, 0.6) is 11.5 Å². The third-order valence-electron chi connectivity index (χ3n) is 4.70. The molecule has 0 radical (unpaired) electrons. The Morgan fingerprint density at radius 1 is 0.536 bits per heavy atom. The quantitative estimate of drug-likeness (QED) is 0.427. The molecule has 0 unspecified atom stereocenters. The minimum Gasteiger partial charge on any atom is -0.496 e. The van der Waals surface area contributed by atoms with Crippen LogP contribution in [0.3, 0.4) is 0 Å². The van der Waals surface area contributed by atoms with Gasteiger partial charge in [-0.15, -0.1) is 0 Å². The van der Waals surface area contributed by atoms with E-state index in [1.54, 1.807) is 14.2 Å². The zero-order valence-electron chi connectivity index (χ0n) is 15.9. The van der Waals surface area contributed by atoms with Gasteiger partial charge in [0.1, 0.15) is 11.5 Å². The highest BCUT2D eigenvalue weighted by molar-refractivity contribution is 5.80. The van der Waals surface area contributed by atoms with Gasteiger partial charge in [0.2, 0.25) is 0 Å². The molecule has 0 saturated carbocycles. The van der Waals surface area contributed by atoms with Crippen LogP contribution in [0.1, 0.15) is 0 Å². The Labute approximate surface area is 165 Å². The molecular formula is C25H21NO2. The molecule has 0 N–H and O–H groups in total. The molecule has 28 heavy (non-hydrogen) atoms. The Kier molecular flexibility index (Phi) is 5.07. The number of methoxy groups -OCH3 is 2. The molecule has 0 spiro atoms. The maximum atomic E-state index is 5.57. The van der Waals surface area contributed by atoms with Crippen molar-refractivity contribution < 1.29 is 9.47 Å². The summed E-state index contributed by atoms with van der Waals surface area (Å²) in [7, 11) is 3.36. The summed E-state index contributed by atoms with van der Waals surface area (Å²) in [6.45, 7) is 0. The Balaban J connectivity index is 1.97. The Morgan fingerprint density at radius 2 is 1.00 bits per heavy atom. The van der Waals surface area contributed by atoms with Crippen molar-refractivity contribution in [3.63, 3.8) is 0 Å². The van der Waals surface area contributed by atoms with E-state index in [-0.39, 0.29) is 0 Å². The van der Waals surface area contributed by atoms with Crippen LogP contribution in [0.15, 0.2) is 91.0 Å². The van der Waals surface area contributed by atoms with Gasteiger partial charge in [0.05, 0.1) is 25.6 Å². The van der Waals surface area contributed by atoms with Gasteiger partial charge in [0, 0.05) is 11.1 Å². The van der Waals surface area contributed by atoms with Gasteiger partial charge in [0.15, 0.2) is 0 Å². The van der Waals surface area contributed by atoms with Gasteiger partial charge in [-0.2, -0.15) is 0 Å². The number of hydrogen-bond donors (Lipinski definition) is 0. The van der Waals surface area contributed by atoms with Crippen molar-refractivity contribution >= 4 is 0 Å². The molecule has 0 aliphatic carbocycles. The first-order valence-corrected chi connectivity index (χ1v) is 9.14. The molecule has 0 amide bonds. The molecule has 0 bridgehead atoms. The number of hydrogen-bond acceptors (Lipinski definition) is 3. The molecule has 138 valence electrons. The van der Waals surface area contributed by atoms with E-state index >= 15 is 0 Å². The maximum Gasteiger partial charge on any atom is 0.128 e. The summed E-state index contributed by atoms with van der Waals surface area (Å²) in [5.41, 5.74) is 5.87. The highest BCUT2D eigenvalue weighted by Gasteiger charge is 2.14. The lowest BCUT2D eigenvalue weighted by atomic mass is 9.99. The molecule has 1 aromatic heterocycles. The van der Waals surface area contributed by atoms with Crippen molar-refractivity contribution in [3.05, 3.63) is 91.0 Å². The van der Waals surface area contributed by atoms with Crippen molar-refractivity contribution in [3.8, 4) is 45.1 Å². The van der Waals surface area contributed by atoms with Gasteiger partial charge in [-0.3, -0.25) is 0 Å². The van der Waals surface area contributed by atoms with Crippen LogP contribution in [0, 0.1) is 0 Å². The van der Waals surface area contributed by atoms with Crippen LogP contribution < -0.4 is 9.47 Å². The first-order valence-electron chi connectivity index (χ1n) is 9.14. The SMILES string of the molecule is COc1ccccc1-c1cc(-c2ccccc2)cc(-c2ccccc2OC)n1. The zero-order valence-corrected chi connectivity index (χ0v) is 15.9. The van der Waals surface area contributed by atoms with Gasteiger partial charge < -0.3 is 9.47 Å². The predicted molar refractivity (Wildman–Crippen MR) is 114 cm³/mol. The molecule has 0 aliphatic rings. The Morgan fingerprint density at radius 3 is 1.50 bits per heavy atom. The highest BCUT2D eigenvalue weighted by Crippen LogP contribution is 2.36. The third kappa shape index (κ3) is 3.47. The molecule has 1 heterocycles. The van der Waals surface area contributed by atoms with E-state index in [4.69, 9.17) is 14.5 Å². The summed E-state index contributed by atoms with van der Waals surface area (Å²) in [4.78, 5) is 4.96. The fourth-order valence-corrected chi connectivity index (χ4v) is 3.32. The van der Waals surface area contributed by atoms with Crippen LogP contribution in [0.4, 0.5) is 0 Å². The second-order valence-electron chi connectivity index (χ2n) is 6.39. The predicted octanol–water partition coefficient (Wildman–Crippen LogP) is 6.10. The largest absolute Gasteiger partial charge is 0.496 e. The van der Waals surface area contributed by atoms with E-state index in [1.807, 2.05) is 66.7 Å². The minimum atomic E-state index is 0.797. The second kappa shape index (κ2) is 7.97. The number of ether oxygens (including phenoxy) is 2. The fraction of sp³-hybridized carbons (Fsp3) is 0.0800. The zero-order chi connectivity index (χ0) is 19.3. The standard InChI is InChI=1S/C25H21NO2/c1-27-24-14-8-6-12-20(24)22-16-19(18-10-4-3-5-11-18)17-23(26-22)21-13-7-9-15-25(21)28-2/h3-17H,1-2H3. The van der Waals surface area contributed by atoms with E-state index in [1.165, 1.54) is 0 Å². The van der Waals surface area contributed by atoms with Crippen LogP contribution in [0.25, 0.3) is 33.6 Å². The summed E-state index contributed by atoms with van der Waals surface area (Å²) in [5.74, 6) is 1.59. The van der Waals surface area contributed by atoms with Crippen molar-refractivity contribution in [2.24, 2.45) is 0 Å². The van der Waals surface area contributed by atoms with E-state index in [2.05, 4.69) is 24.3 Å². The number of para-hydroxylation sites is 2. The smallest absolute Gasteiger partial charge is 0.128 e. The van der Waals surface area contributed by atoms with Gasteiger partial charge in [0.25, 0.3) is 0 Å². The lowest BCUT2D eigenvalue weighted by molar-refractivity contribution is 0.416.